The van der Waals surface area contributed by atoms with Crippen LogP contribution < -0.4 is 11.5 Å². The number of para-hydroxylation sites is 10. The van der Waals surface area contributed by atoms with Gasteiger partial charge in [0.05, 0.1) is 62.6 Å². The molecular formula is C51H48Cl9N11O7. The van der Waals surface area contributed by atoms with E-state index in [-0.39, 0.29) is 31.6 Å². The predicted molar refractivity (Wildman–Crippen MR) is 316 cm³/mol. The number of rotatable bonds is 4. The number of nitrogen functional groups attached to an aromatic ring is 2. The topological polar surface area (TPSA) is 301 Å². The second-order valence-corrected chi connectivity index (χ2v) is 21.8. The van der Waals surface area contributed by atoms with Crippen LogP contribution in [0.5, 0.6) is 0 Å². The summed E-state index contributed by atoms with van der Waals surface area (Å²) in [4.78, 5) is 58.1. The van der Waals surface area contributed by atoms with Crippen molar-refractivity contribution in [2.75, 3.05) is 18.6 Å². The fraction of sp³-hybridized carbons (Fsp3) is 0.137. The van der Waals surface area contributed by atoms with Gasteiger partial charge in [-0.2, -0.15) is 0 Å². The Morgan fingerprint density at radius 2 is 0.846 bits per heavy atom. The number of alkyl halides is 9. The van der Waals surface area contributed by atoms with E-state index in [4.69, 9.17) is 141 Å². The van der Waals surface area contributed by atoms with E-state index in [1.807, 2.05) is 127 Å². The SMILES string of the molecule is C.CC(=O)O.COC(=O)c1nc2ccccc2[nH]1.ClC(Cl)(Cl)c1nc2ccccc2[nH]1.ClC(Cl)(Cl)c1nc2ccccc2[nH]1.N=C(OCc1ccccc1)C(Cl)(Cl)Cl.Nc1ccccc1N.O=C(O)c1nc2ccccc2[nH]1. The third kappa shape index (κ3) is 22.0. The number of aromatic nitrogens is 8. The number of carboxylic acids is 2. The molecule has 10 rings (SSSR count). The van der Waals surface area contributed by atoms with Crippen LogP contribution in [0.2, 0.25) is 0 Å². The van der Waals surface area contributed by atoms with Crippen LogP contribution in [0.1, 0.15) is 52.8 Å². The van der Waals surface area contributed by atoms with Crippen molar-refractivity contribution < 1.29 is 34.1 Å². The molecule has 4 aromatic heterocycles. The van der Waals surface area contributed by atoms with E-state index in [1.165, 1.54) is 7.11 Å². The zero-order valence-corrected chi connectivity index (χ0v) is 46.7. The van der Waals surface area contributed by atoms with Crippen LogP contribution in [-0.4, -0.2) is 84.8 Å². The van der Waals surface area contributed by atoms with E-state index in [9.17, 15) is 9.59 Å². The maximum atomic E-state index is 11.1. The monoisotopic (exact) mass is 1240 g/mol. The quantitative estimate of drug-likeness (QED) is 0.0261. The van der Waals surface area contributed by atoms with Gasteiger partial charge in [-0.05, 0) is 66.2 Å². The summed E-state index contributed by atoms with van der Waals surface area (Å²) in [5.41, 5.74) is 19.3. The molecule has 0 aliphatic carbocycles. The van der Waals surface area contributed by atoms with Gasteiger partial charge < -0.3 is 51.1 Å². The number of carbonyl (C=O) groups excluding carboxylic acids is 1. The summed E-state index contributed by atoms with van der Waals surface area (Å²) in [6.45, 7) is 1.31. The number of imidazole rings is 4. The number of aromatic carboxylic acids is 1. The fourth-order valence-corrected chi connectivity index (χ4v) is 6.40. The molecule has 0 aliphatic rings. The van der Waals surface area contributed by atoms with Gasteiger partial charge in [-0.15, -0.1) is 0 Å². The highest BCUT2D eigenvalue weighted by molar-refractivity contribution is 6.76. The number of methoxy groups -OCH3 is 1. The Hall–Kier alpha value is -6.71. The van der Waals surface area contributed by atoms with Gasteiger partial charge >= 0.3 is 11.9 Å². The van der Waals surface area contributed by atoms with Crippen molar-refractivity contribution in [2.45, 2.75) is 32.3 Å². The van der Waals surface area contributed by atoms with E-state index < -0.39 is 29.3 Å². The molecule has 0 unspecified atom stereocenters. The van der Waals surface area contributed by atoms with Crippen molar-refractivity contribution in [1.29, 1.82) is 5.41 Å². The van der Waals surface area contributed by atoms with E-state index in [2.05, 4.69) is 44.6 Å². The molecule has 78 heavy (non-hydrogen) atoms. The number of halogens is 9. The fourth-order valence-electron chi connectivity index (χ4n) is 5.70. The maximum Gasteiger partial charge on any atom is 0.374 e. The highest BCUT2D eigenvalue weighted by atomic mass is 35.6. The molecule has 0 amide bonds. The standard InChI is InChI=1S/C9H8Cl3NO.C9H8N2O2.2C8H5Cl3N2.C8H6N2O2.C6H8N2.C2H4O2.CH4/c10-9(11,12)8(13)14-6-7-4-2-1-3-5-7;1-13-9(12)8-10-6-4-2-3-5-7(6)11-8;2*9-8(10,11)7-12-5-3-1-2-4-6(5)13-7;11-8(12)7-9-5-3-1-2-4-6(5)10-7;7-5-3-1-2-4-6(5)8;1-2(3)4;/h1-5,13H,6H2;2-5H,1H3,(H,10,11);2*1-4H,(H,12,13);1-4H,(H,9,10)(H,11,12);1-4H,7-8H2;1H3,(H,3,4);1H4. The Morgan fingerprint density at radius 1 is 0.526 bits per heavy atom. The molecule has 27 heteroatoms. The number of nitrogens with two attached hydrogens (primary N) is 2. The number of carboxylic acid groups (broad SMARTS) is 2. The van der Waals surface area contributed by atoms with E-state index in [1.54, 1.807) is 24.3 Å². The van der Waals surface area contributed by atoms with E-state index in [0.29, 0.717) is 28.5 Å². The van der Waals surface area contributed by atoms with Crippen LogP contribution in [0.15, 0.2) is 152 Å². The first kappa shape index (κ1) is 65.6. The number of aromatic amines is 4. The largest absolute Gasteiger partial charge is 0.481 e. The smallest absolute Gasteiger partial charge is 0.374 e. The molecule has 412 valence electrons. The van der Waals surface area contributed by atoms with Gasteiger partial charge in [0.15, 0.2) is 11.6 Å². The van der Waals surface area contributed by atoms with Gasteiger partial charge in [-0.1, -0.05) is 203 Å². The zero-order chi connectivity index (χ0) is 56.9. The highest BCUT2D eigenvalue weighted by Crippen LogP contribution is 2.38. The minimum atomic E-state index is -1.78. The van der Waals surface area contributed by atoms with Crippen molar-refractivity contribution in [3.8, 4) is 0 Å². The summed E-state index contributed by atoms with van der Waals surface area (Å²) in [6.07, 6.45) is 0. The molecule has 11 N–H and O–H groups in total. The number of ether oxygens (including phenoxy) is 2. The molecule has 4 heterocycles. The lowest BCUT2D eigenvalue weighted by Gasteiger charge is -2.13. The number of nitrogens with one attached hydrogen (secondary N) is 5. The van der Waals surface area contributed by atoms with Crippen molar-refractivity contribution >= 4 is 184 Å². The van der Waals surface area contributed by atoms with Gasteiger partial charge in [-0.25, -0.2) is 29.5 Å². The zero-order valence-electron chi connectivity index (χ0n) is 39.9. The minimum absolute atomic E-state index is 0. The number of fused-ring (bicyclic) bond motifs is 4. The van der Waals surface area contributed by atoms with Crippen LogP contribution in [0.25, 0.3) is 44.1 Å². The van der Waals surface area contributed by atoms with Crippen molar-refractivity contribution in [3.63, 3.8) is 0 Å². The number of benzene rings is 6. The number of H-pyrrole nitrogens is 4. The number of hydrogen-bond acceptors (Lipinski definition) is 12. The Balaban J connectivity index is 0.000000243. The van der Waals surface area contributed by atoms with Gasteiger partial charge in [0, 0.05) is 6.92 Å². The Bertz CT molecular complexity index is 3260. The Labute approximate surface area is 491 Å². The minimum Gasteiger partial charge on any atom is -0.481 e. The van der Waals surface area contributed by atoms with E-state index in [0.717, 1.165) is 51.1 Å². The van der Waals surface area contributed by atoms with Crippen molar-refractivity contribution in [2.24, 2.45) is 0 Å². The molecular weight excluding hydrogens is 1200 g/mol. The van der Waals surface area contributed by atoms with Gasteiger partial charge in [0.25, 0.3) is 9.76 Å². The number of nitrogens with zero attached hydrogens (tertiary/aromatic N) is 4. The number of carbonyl (C=O) groups is 3. The lowest BCUT2D eigenvalue weighted by Crippen LogP contribution is -2.20. The number of hydrogen-bond donors (Lipinski definition) is 9. The van der Waals surface area contributed by atoms with Crippen LogP contribution in [0.4, 0.5) is 11.4 Å². The second kappa shape index (κ2) is 31.0. The average Bonchev–Trinajstić information content (AvgIpc) is 4.22. The Kier molecular flexibility index (Phi) is 26.1. The molecule has 10 aromatic rings. The van der Waals surface area contributed by atoms with Gasteiger partial charge in [0.2, 0.25) is 25.1 Å². The average molecular weight is 1250 g/mol. The van der Waals surface area contributed by atoms with Crippen LogP contribution >= 0.6 is 104 Å². The third-order valence-electron chi connectivity index (χ3n) is 9.16. The Morgan fingerprint density at radius 3 is 1.17 bits per heavy atom. The molecule has 0 fully saturated rings. The molecule has 0 atom stereocenters. The highest BCUT2D eigenvalue weighted by Gasteiger charge is 2.29. The van der Waals surface area contributed by atoms with Crippen LogP contribution in [-0.2, 0) is 28.5 Å². The molecule has 0 saturated carbocycles. The molecule has 6 aromatic carbocycles. The first-order valence-corrected chi connectivity index (χ1v) is 25.0. The van der Waals surface area contributed by atoms with Crippen LogP contribution in [0, 0.1) is 5.41 Å². The lowest BCUT2D eigenvalue weighted by molar-refractivity contribution is -0.134. The second-order valence-electron chi connectivity index (χ2n) is 15.0. The van der Waals surface area contributed by atoms with Crippen molar-refractivity contribution in [1.82, 2.24) is 39.9 Å². The maximum absolute atomic E-state index is 11.1. The first-order valence-electron chi connectivity index (χ1n) is 21.6. The summed E-state index contributed by atoms with van der Waals surface area (Å²) in [5.74, 6) is -1.77. The summed E-state index contributed by atoms with van der Waals surface area (Å²) in [5, 5.41) is 23.3. The summed E-state index contributed by atoms with van der Waals surface area (Å²) in [7, 11) is 1.33. The third-order valence-corrected chi connectivity index (χ3v) is 10.7. The molecule has 18 nitrogen and oxygen atoms in total. The normalized spacial score (nSPS) is 10.6. The van der Waals surface area contributed by atoms with E-state index >= 15 is 0 Å². The van der Waals surface area contributed by atoms with Crippen molar-refractivity contribution in [3.05, 3.63) is 181 Å². The summed E-state index contributed by atoms with van der Waals surface area (Å²) < 4.78 is 4.76. The summed E-state index contributed by atoms with van der Waals surface area (Å²) in [6, 6.07) is 46.2. The predicted octanol–water partition coefficient (Wildman–Crippen LogP) is 14.5. The molecule has 0 radical (unpaired) electrons. The van der Waals surface area contributed by atoms with Gasteiger partial charge in [-0.3, -0.25) is 10.2 Å². The van der Waals surface area contributed by atoms with Gasteiger partial charge in [0.1, 0.15) is 6.61 Å². The number of anilines is 2. The molecule has 0 aliphatic heterocycles. The summed E-state index contributed by atoms with van der Waals surface area (Å²) >= 11 is 50.3. The molecule has 0 saturated heterocycles. The lowest BCUT2D eigenvalue weighted by atomic mass is 10.2. The van der Waals surface area contributed by atoms with Crippen LogP contribution in [0.3, 0.4) is 0 Å². The molecule has 0 bridgehead atoms. The molecule has 0 spiro atoms. The first-order chi connectivity index (χ1) is 36.3. The number of aliphatic carboxylic acids is 1. The number of esters is 1.